The van der Waals surface area contributed by atoms with Gasteiger partial charge in [-0.2, -0.15) is 0 Å². The number of aliphatic hydroxyl groups excluding tert-OH is 4. The third-order valence-electron chi connectivity index (χ3n) is 18.1. The van der Waals surface area contributed by atoms with Crippen molar-refractivity contribution in [2.75, 3.05) is 107 Å². The van der Waals surface area contributed by atoms with E-state index < -0.39 is 24.4 Å². The van der Waals surface area contributed by atoms with Crippen LogP contribution in [0.3, 0.4) is 0 Å². The lowest BCUT2D eigenvalue weighted by Crippen LogP contribution is -2.43. The van der Waals surface area contributed by atoms with E-state index in [1.54, 1.807) is 0 Å². The molecule has 4 N–H and O–H groups in total. The van der Waals surface area contributed by atoms with Gasteiger partial charge in [0.25, 0.3) is 0 Å². The topological polar surface area (TPSA) is 134 Å². The molecule has 12 nitrogen and oxygen atoms in total. The highest BCUT2D eigenvalue weighted by Gasteiger charge is 2.21. The Morgan fingerprint density at radius 2 is 0.452 bits per heavy atom. The van der Waals surface area contributed by atoms with Gasteiger partial charge in [0.1, 0.15) is 0 Å². The lowest BCUT2D eigenvalue weighted by Gasteiger charge is -2.30. The number of likely N-dealkylation sites (N-methyl/N-ethyl adjacent to an activating group) is 4. The molecule has 0 heterocycles. The summed E-state index contributed by atoms with van der Waals surface area (Å²) in [6, 6.07) is 0. The lowest BCUT2D eigenvalue weighted by atomic mass is 10.0. The van der Waals surface area contributed by atoms with E-state index in [1.165, 1.54) is 205 Å². The zero-order valence-corrected chi connectivity index (χ0v) is 57.6. The lowest BCUT2D eigenvalue weighted by molar-refractivity contribution is -0.131. The first-order valence-electron chi connectivity index (χ1n) is 36.8. The third-order valence-corrected chi connectivity index (χ3v) is 18.1. The Labute approximate surface area is 523 Å². The van der Waals surface area contributed by atoms with Gasteiger partial charge in [-0.1, -0.05) is 285 Å². The zero-order valence-electron chi connectivity index (χ0n) is 57.6. The maximum absolute atomic E-state index is 13.4. The summed E-state index contributed by atoms with van der Waals surface area (Å²) in [5.41, 5.74) is 0. The molecule has 502 valence electrons. The van der Waals surface area contributed by atoms with Gasteiger partial charge in [0.2, 0.25) is 11.8 Å². The summed E-state index contributed by atoms with van der Waals surface area (Å²) in [4.78, 5) is 39.3. The molecule has 0 spiro atoms. The van der Waals surface area contributed by atoms with Gasteiger partial charge in [-0.15, -0.1) is 0 Å². The van der Waals surface area contributed by atoms with Crippen LogP contribution in [0.5, 0.6) is 0 Å². The highest BCUT2D eigenvalue weighted by Crippen LogP contribution is 2.18. The van der Waals surface area contributed by atoms with E-state index in [0.29, 0.717) is 78.3 Å². The van der Waals surface area contributed by atoms with Crippen molar-refractivity contribution in [3.8, 4) is 0 Å². The summed E-state index contributed by atoms with van der Waals surface area (Å²) < 4.78 is 0. The highest BCUT2D eigenvalue weighted by molar-refractivity contribution is 5.76. The van der Waals surface area contributed by atoms with E-state index >= 15 is 0 Å². The van der Waals surface area contributed by atoms with Gasteiger partial charge < -0.3 is 40.0 Å². The van der Waals surface area contributed by atoms with Gasteiger partial charge >= 0.3 is 0 Å². The smallest absolute Gasteiger partial charge is 0.223 e. The molecule has 4 unspecified atom stereocenters. The molecular weight excluding hydrogens is 1040 g/mol. The van der Waals surface area contributed by atoms with E-state index in [0.717, 1.165) is 90.1 Å². The summed E-state index contributed by atoms with van der Waals surface area (Å²) in [7, 11) is 7.88. The molecule has 84 heavy (non-hydrogen) atoms. The maximum atomic E-state index is 13.4. The molecular formula is C72H148N6O6. The van der Waals surface area contributed by atoms with Crippen LogP contribution in [0.2, 0.25) is 0 Å². The van der Waals surface area contributed by atoms with Gasteiger partial charge in [-0.25, -0.2) is 0 Å². The van der Waals surface area contributed by atoms with Gasteiger partial charge in [0.05, 0.1) is 24.4 Å². The van der Waals surface area contributed by atoms with Crippen molar-refractivity contribution in [3.05, 3.63) is 0 Å². The minimum Gasteiger partial charge on any atom is -0.392 e. The second-order valence-electron chi connectivity index (χ2n) is 26.8. The fraction of sp³-hybridized carbons (Fsp3) is 0.972. The van der Waals surface area contributed by atoms with Crippen molar-refractivity contribution in [2.24, 2.45) is 0 Å². The molecule has 0 aromatic carbocycles. The molecule has 0 saturated heterocycles. The number of rotatable bonds is 67. The molecule has 0 radical (unpaired) electrons. The van der Waals surface area contributed by atoms with E-state index in [2.05, 4.69) is 61.4 Å². The van der Waals surface area contributed by atoms with Crippen LogP contribution < -0.4 is 0 Å². The van der Waals surface area contributed by atoms with Crippen molar-refractivity contribution in [3.63, 3.8) is 0 Å². The fourth-order valence-electron chi connectivity index (χ4n) is 11.9. The third kappa shape index (κ3) is 55.9. The van der Waals surface area contributed by atoms with E-state index in [9.17, 15) is 30.0 Å². The molecule has 0 aliphatic heterocycles. The monoisotopic (exact) mass is 1190 g/mol. The van der Waals surface area contributed by atoms with Gasteiger partial charge in [-0.05, 0) is 39.8 Å². The molecule has 0 fully saturated rings. The summed E-state index contributed by atoms with van der Waals surface area (Å²) in [6.45, 7) is 16.4. The van der Waals surface area contributed by atoms with Crippen LogP contribution in [-0.4, -0.2) is 193 Å². The first kappa shape index (κ1) is 82.6. The molecule has 0 aromatic rings. The van der Waals surface area contributed by atoms with Crippen molar-refractivity contribution in [1.82, 2.24) is 29.4 Å². The quantitative estimate of drug-likeness (QED) is 0.0436. The first-order valence-corrected chi connectivity index (χ1v) is 36.8. The number of hydrogen-bond donors (Lipinski definition) is 4. The van der Waals surface area contributed by atoms with E-state index in [4.69, 9.17) is 0 Å². The largest absolute Gasteiger partial charge is 0.392 e. The summed E-state index contributed by atoms with van der Waals surface area (Å²) >= 11 is 0. The van der Waals surface area contributed by atoms with Crippen molar-refractivity contribution in [1.29, 1.82) is 0 Å². The molecule has 0 aliphatic carbocycles. The Kier molecular flexibility index (Phi) is 60.8. The Balaban J connectivity index is 5.01. The normalized spacial score (nSPS) is 13.5. The van der Waals surface area contributed by atoms with Crippen LogP contribution in [0.25, 0.3) is 0 Å². The first-order chi connectivity index (χ1) is 40.8. The van der Waals surface area contributed by atoms with E-state index in [1.807, 2.05) is 23.9 Å². The minimum atomic E-state index is -0.435. The highest BCUT2D eigenvalue weighted by atomic mass is 16.3. The number of nitrogens with zero attached hydrogens (tertiary/aromatic N) is 6. The molecule has 0 bridgehead atoms. The Hall–Kier alpha value is -1.38. The molecule has 4 atom stereocenters. The minimum absolute atomic E-state index is 0.103. The van der Waals surface area contributed by atoms with Gasteiger partial charge in [0.15, 0.2) is 0 Å². The molecule has 2 amide bonds. The second-order valence-corrected chi connectivity index (χ2v) is 26.8. The predicted molar refractivity (Wildman–Crippen MR) is 362 cm³/mol. The number of aliphatic hydroxyl groups is 4. The van der Waals surface area contributed by atoms with Crippen LogP contribution in [0.15, 0.2) is 0 Å². The zero-order chi connectivity index (χ0) is 61.9. The van der Waals surface area contributed by atoms with Crippen molar-refractivity contribution >= 4 is 11.8 Å². The van der Waals surface area contributed by atoms with Gasteiger partial charge in [0, 0.05) is 105 Å². The van der Waals surface area contributed by atoms with Crippen LogP contribution >= 0.6 is 0 Å². The van der Waals surface area contributed by atoms with Crippen molar-refractivity contribution in [2.45, 2.75) is 347 Å². The summed E-state index contributed by atoms with van der Waals surface area (Å²) in [5, 5.41) is 44.7. The van der Waals surface area contributed by atoms with E-state index in [-0.39, 0.29) is 11.8 Å². The number of amides is 2. The van der Waals surface area contributed by atoms with Crippen LogP contribution in [0.4, 0.5) is 0 Å². The van der Waals surface area contributed by atoms with Crippen LogP contribution in [-0.2, 0) is 9.59 Å². The molecule has 0 aliphatic rings. The van der Waals surface area contributed by atoms with Crippen LogP contribution in [0, 0.1) is 0 Å². The average Bonchev–Trinajstić information content (AvgIpc) is 3.51. The average molecular weight is 1190 g/mol. The Bertz CT molecular complexity index is 1220. The predicted octanol–water partition coefficient (Wildman–Crippen LogP) is 15.8. The number of hydrogen-bond acceptors (Lipinski definition) is 10. The number of carbonyl (C=O) groups excluding carboxylic acids is 2. The SMILES string of the molecule is CCCCCCCCCCCCC(O)CN(CCN(C)C(=O)CCN(C)CCN(C)CCC(=O)N(C)CCN(CC(O)CCCCCCCCCCCC)CC(O)CCCCCCCCCCCC)CC(O)CCCCCCCCCCCC. The molecule has 12 heteroatoms. The Morgan fingerprint density at radius 3 is 0.655 bits per heavy atom. The Morgan fingerprint density at radius 1 is 0.262 bits per heavy atom. The molecule has 0 aromatic heterocycles. The van der Waals surface area contributed by atoms with Gasteiger partial charge in [-0.3, -0.25) is 19.4 Å². The number of carbonyl (C=O) groups is 2. The molecule has 0 rings (SSSR count). The number of unbranched alkanes of at least 4 members (excludes halogenated alkanes) is 36. The van der Waals surface area contributed by atoms with Crippen molar-refractivity contribution < 1.29 is 30.0 Å². The van der Waals surface area contributed by atoms with Crippen LogP contribution in [0.1, 0.15) is 323 Å². The summed E-state index contributed by atoms with van der Waals surface area (Å²) in [6.07, 6.45) is 53.2. The summed E-state index contributed by atoms with van der Waals surface area (Å²) in [5.74, 6) is 0.206. The maximum Gasteiger partial charge on any atom is 0.223 e. The fourth-order valence-corrected chi connectivity index (χ4v) is 11.9. The molecule has 0 saturated carbocycles. The second kappa shape index (κ2) is 61.8. The standard InChI is InChI=1S/C72H148N6O6/c1-9-13-17-21-25-29-33-37-41-45-49-67(79)63-77(64-68(80)50-46-42-38-34-30-26-22-18-14-10-2)61-59-75(7)71(83)53-55-73(5)57-58-74(6)56-54-72(84)76(8)60-62-78(65-69(81)51-47-43-39-35-31-27-23-19-15-11-3)66-70(82)52-48-44-40-36-32-28-24-20-16-12-4/h67-70,79-82H,9-66H2,1-8H3.